The maximum atomic E-state index is 13.3. The van der Waals surface area contributed by atoms with Gasteiger partial charge in [0.1, 0.15) is 11.5 Å². The number of imidazole rings is 1. The Labute approximate surface area is 163 Å². The second-order valence-electron chi connectivity index (χ2n) is 6.26. The van der Waals surface area contributed by atoms with E-state index in [1.165, 1.54) is 29.5 Å². The first-order valence-corrected chi connectivity index (χ1v) is 9.99. The quantitative estimate of drug-likeness (QED) is 0.566. The molecule has 0 aliphatic rings. The van der Waals surface area contributed by atoms with Crippen LogP contribution in [0, 0.1) is 5.82 Å². The predicted molar refractivity (Wildman–Crippen MR) is 107 cm³/mol. The molecule has 3 rings (SSSR count). The lowest BCUT2D eigenvalue weighted by molar-refractivity contribution is 0.0785. The topological polar surface area (TPSA) is 38.1 Å². The van der Waals surface area contributed by atoms with E-state index in [9.17, 15) is 9.18 Å². The van der Waals surface area contributed by atoms with E-state index in [0.29, 0.717) is 17.4 Å². The molecule has 0 spiro atoms. The molecule has 1 aromatic heterocycles. The zero-order valence-corrected chi connectivity index (χ0v) is 16.2. The van der Waals surface area contributed by atoms with Gasteiger partial charge in [-0.15, -0.1) is 0 Å². The Balaban J connectivity index is 1.74. The van der Waals surface area contributed by atoms with Crippen molar-refractivity contribution in [1.29, 1.82) is 0 Å². The molecule has 1 heterocycles. The van der Waals surface area contributed by atoms with Gasteiger partial charge in [-0.3, -0.25) is 9.36 Å². The van der Waals surface area contributed by atoms with Gasteiger partial charge in [0.05, 0.1) is 6.20 Å². The number of rotatable bonds is 7. The Bertz CT molecular complexity index is 894. The molecule has 6 heteroatoms. The Hall–Kier alpha value is -2.60. The van der Waals surface area contributed by atoms with Crippen molar-refractivity contribution in [3.05, 3.63) is 77.9 Å². The molecule has 4 nitrogen and oxygen atoms in total. The molecular formula is C21H22FN3OS. The maximum Gasteiger partial charge on any atom is 0.272 e. The minimum Gasteiger partial charge on any atom is -0.340 e. The summed E-state index contributed by atoms with van der Waals surface area (Å²) >= 11 is 1.45. The number of aryl methyl sites for hydroxylation is 1. The van der Waals surface area contributed by atoms with Gasteiger partial charge in [0.2, 0.25) is 0 Å². The van der Waals surface area contributed by atoms with Gasteiger partial charge < -0.3 is 4.90 Å². The molecule has 2 aromatic carbocycles. The highest BCUT2D eigenvalue weighted by molar-refractivity contribution is 7.98. The van der Waals surface area contributed by atoms with Crippen LogP contribution in [0.25, 0.3) is 5.69 Å². The van der Waals surface area contributed by atoms with Crippen LogP contribution in [0.15, 0.2) is 66.0 Å². The Kier molecular flexibility index (Phi) is 6.29. The van der Waals surface area contributed by atoms with Crippen LogP contribution in [-0.2, 0) is 6.42 Å². The number of hydrogen-bond acceptors (Lipinski definition) is 3. The summed E-state index contributed by atoms with van der Waals surface area (Å²) in [7, 11) is 1.80. The largest absolute Gasteiger partial charge is 0.340 e. The lowest BCUT2D eigenvalue weighted by Crippen LogP contribution is -2.29. The first-order chi connectivity index (χ1) is 13.1. The third-order valence-corrected chi connectivity index (χ3v) is 5.02. The number of carbonyl (C=O) groups excluding carboxylic acids is 1. The summed E-state index contributed by atoms with van der Waals surface area (Å²) in [5.74, 6) is -0.407. The van der Waals surface area contributed by atoms with Gasteiger partial charge in [-0.05, 0) is 48.9 Å². The highest BCUT2D eigenvalue weighted by Crippen LogP contribution is 2.23. The number of thioether (sulfide) groups is 1. The molecule has 0 aliphatic heterocycles. The van der Waals surface area contributed by atoms with Crippen LogP contribution in [-0.4, -0.2) is 40.2 Å². The summed E-state index contributed by atoms with van der Waals surface area (Å²) in [6.45, 7) is 0.650. The van der Waals surface area contributed by atoms with E-state index in [-0.39, 0.29) is 11.7 Å². The average molecular weight is 383 g/mol. The van der Waals surface area contributed by atoms with E-state index in [2.05, 4.69) is 17.1 Å². The van der Waals surface area contributed by atoms with Gasteiger partial charge >= 0.3 is 0 Å². The van der Waals surface area contributed by atoms with E-state index in [1.54, 1.807) is 34.8 Å². The number of carbonyl (C=O) groups is 1. The van der Waals surface area contributed by atoms with Crippen molar-refractivity contribution in [3.8, 4) is 5.69 Å². The number of halogens is 1. The summed E-state index contributed by atoms with van der Waals surface area (Å²) < 4.78 is 15.1. The second kappa shape index (κ2) is 8.86. The third kappa shape index (κ3) is 4.57. The van der Waals surface area contributed by atoms with Crippen LogP contribution in [0.5, 0.6) is 0 Å². The zero-order valence-electron chi connectivity index (χ0n) is 15.4. The van der Waals surface area contributed by atoms with Gasteiger partial charge in [0.15, 0.2) is 5.16 Å². The predicted octanol–water partition coefficient (Wildman–Crippen LogP) is 4.44. The number of nitrogens with zero attached hydrogens (tertiary/aromatic N) is 3. The smallest absolute Gasteiger partial charge is 0.272 e. The van der Waals surface area contributed by atoms with Gasteiger partial charge in [-0.1, -0.05) is 42.1 Å². The van der Waals surface area contributed by atoms with Crippen LogP contribution in [0.1, 0.15) is 22.5 Å². The Morgan fingerprint density at radius 1 is 1.15 bits per heavy atom. The van der Waals surface area contributed by atoms with Gasteiger partial charge in [0, 0.05) is 19.3 Å². The lowest BCUT2D eigenvalue weighted by atomic mass is 10.1. The van der Waals surface area contributed by atoms with E-state index >= 15 is 0 Å². The molecule has 27 heavy (non-hydrogen) atoms. The van der Waals surface area contributed by atoms with Crippen LogP contribution < -0.4 is 0 Å². The number of aromatic nitrogens is 2. The molecule has 140 valence electrons. The minimum absolute atomic E-state index is 0.0970. The van der Waals surface area contributed by atoms with Crippen molar-refractivity contribution < 1.29 is 9.18 Å². The molecular weight excluding hydrogens is 361 g/mol. The third-order valence-electron chi connectivity index (χ3n) is 4.36. The fraction of sp³-hybridized carbons (Fsp3) is 0.238. The molecule has 0 aliphatic carbocycles. The first-order valence-electron chi connectivity index (χ1n) is 8.77. The van der Waals surface area contributed by atoms with Crippen molar-refractivity contribution in [1.82, 2.24) is 14.5 Å². The molecule has 0 bridgehead atoms. The summed E-state index contributed by atoms with van der Waals surface area (Å²) in [5.41, 5.74) is 2.46. The normalized spacial score (nSPS) is 10.8. The number of hydrogen-bond donors (Lipinski definition) is 0. The van der Waals surface area contributed by atoms with Crippen LogP contribution >= 0.6 is 11.8 Å². The summed E-state index contributed by atoms with van der Waals surface area (Å²) in [4.78, 5) is 19.0. The molecule has 0 saturated carbocycles. The first kappa shape index (κ1) is 19.2. The van der Waals surface area contributed by atoms with Crippen LogP contribution in [0.2, 0.25) is 0 Å². The van der Waals surface area contributed by atoms with E-state index in [4.69, 9.17) is 0 Å². The van der Waals surface area contributed by atoms with Crippen molar-refractivity contribution in [2.75, 3.05) is 19.8 Å². The fourth-order valence-electron chi connectivity index (χ4n) is 2.93. The highest BCUT2D eigenvalue weighted by Gasteiger charge is 2.20. The minimum atomic E-state index is -0.310. The van der Waals surface area contributed by atoms with E-state index in [1.807, 2.05) is 24.5 Å². The van der Waals surface area contributed by atoms with Gasteiger partial charge in [0.25, 0.3) is 5.91 Å². The lowest BCUT2D eigenvalue weighted by Gasteiger charge is -2.18. The van der Waals surface area contributed by atoms with E-state index in [0.717, 1.165) is 18.5 Å². The molecule has 0 saturated heterocycles. The van der Waals surface area contributed by atoms with Gasteiger partial charge in [-0.2, -0.15) is 0 Å². The SMILES string of the molecule is CSc1ncc(C(=O)N(C)CCCc2ccccc2)n1-c1ccc(F)cc1. The Morgan fingerprint density at radius 2 is 1.85 bits per heavy atom. The standard InChI is InChI=1S/C21H22FN3OS/c1-24(14-6-9-16-7-4-3-5-8-16)20(26)19-15-23-21(27-2)25(19)18-12-10-17(22)11-13-18/h3-5,7-8,10-13,15H,6,9,14H2,1-2H3. The fourth-order valence-corrected chi connectivity index (χ4v) is 3.48. The van der Waals surface area contributed by atoms with Crippen molar-refractivity contribution >= 4 is 17.7 Å². The molecule has 1 amide bonds. The molecule has 3 aromatic rings. The molecule has 0 radical (unpaired) electrons. The molecule has 0 N–H and O–H groups in total. The molecule has 0 unspecified atom stereocenters. The summed E-state index contributed by atoms with van der Waals surface area (Å²) in [6, 6.07) is 16.3. The number of amides is 1. The van der Waals surface area contributed by atoms with Crippen molar-refractivity contribution in [3.63, 3.8) is 0 Å². The van der Waals surface area contributed by atoms with Crippen molar-refractivity contribution in [2.24, 2.45) is 0 Å². The Morgan fingerprint density at radius 3 is 2.52 bits per heavy atom. The molecule has 0 atom stereocenters. The zero-order chi connectivity index (χ0) is 19.2. The summed E-state index contributed by atoms with van der Waals surface area (Å²) in [6.07, 6.45) is 5.30. The highest BCUT2D eigenvalue weighted by atomic mass is 32.2. The monoisotopic (exact) mass is 383 g/mol. The molecule has 0 fully saturated rings. The van der Waals surface area contributed by atoms with Crippen LogP contribution in [0.3, 0.4) is 0 Å². The maximum absolute atomic E-state index is 13.3. The number of benzene rings is 2. The average Bonchev–Trinajstić information content (AvgIpc) is 3.12. The second-order valence-corrected chi connectivity index (χ2v) is 7.03. The van der Waals surface area contributed by atoms with Crippen LogP contribution in [0.4, 0.5) is 4.39 Å². The van der Waals surface area contributed by atoms with Gasteiger partial charge in [-0.25, -0.2) is 9.37 Å². The van der Waals surface area contributed by atoms with E-state index < -0.39 is 0 Å². The summed E-state index contributed by atoms with van der Waals surface area (Å²) in [5, 5.41) is 0.697. The van der Waals surface area contributed by atoms with Crippen molar-refractivity contribution in [2.45, 2.75) is 18.0 Å².